The highest BCUT2D eigenvalue weighted by Gasteiger charge is 2.37. The van der Waals surface area contributed by atoms with Crippen LogP contribution in [0.25, 0.3) is 11.0 Å². The summed E-state index contributed by atoms with van der Waals surface area (Å²) in [5.74, 6) is 2.58. The second-order valence-corrected chi connectivity index (χ2v) is 15.9. The summed E-state index contributed by atoms with van der Waals surface area (Å²) in [4.78, 5) is 18.7. The molecular formula is C47H81N4O2+. The number of imidazole rings is 1. The van der Waals surface area contributed by atoms with Crippen molar-refractivity contribution >= 4 is 22.9 Å². The molecule has 1 aromatic carbocycles. The Morgan fingerprint density at radius 3 is 2.17 bits per heavy atom. The second kappa shape index (κ2) is 25.1. The smallest absolute Gasteiger partial charge is 0.257 e. The maximum Gasteiger partial charge on any atom is 0.257 e. The van der Waals surface area contributed by atoms with E-state index in [-0.39, 0.29) is 11.9 Å². The Labute approximate surface area is 326 Å². The van der Waals surface area contributed by atoms with Crippen LogP contribution in [0.3, 0.4) is 0 Å². The fourth-order valence-corrected chi connectivity index (χ4v) is 6.81. The number of fused-ring (bicyclic) bond motifs is 5. The number of unbranched alkanes of at least 4 members (excludes halogenated alkanes) is 4. The van der Waals surface area contributed by atoms with Gasteiger partial charge in [-0.2, -0.15) is 0 Å². The Morgan fingerprint density at radius 2 is 1.60 bits per heavy atom. The molecule has 1 aliphatic carbocycles. The van der Waals surface area contributed by atoms with Crippen molar-refractivity contribution < 1.29 is 14.0 Å². The minimum absolute atomic E-state index is 0.167. The van der Waals surface area contributed by atoms with E-state index in [1.165, 1.54) is 56.9 Å². The molecule has 3 unspecified atom stereocenters. The number of aromatic nitrogens is 2. The van der Waals surface area contributed by atoms with Gasteiger partial charge in [0, 0.05) is 12.1 Å². The molecule has 6 heteroatoms. The van der Waals surface area contributed by atoms with Crippen LogP contribution in [0.1, 0.15) is 152 Å². The van der Waals surface area contributed by atoms with E-state index in [2.05, 4.69) is 98.1 Å². The lowest BCUT2D eigenvalue weighted by molar-refractivity contribution is -0.909. The first-order valence-corrected chi connectivity index (χ1v) is 21.3. The van der Waals surface area contributed by atoms with Gasteiger partial charge in [0.25, 0.3) is 5.91 Å². The first-order valence-electron chi connectivity index (χ1n) is 21.3. The monoisotopic (exact) mass is 734 g/mol. The van der Waals surface area contributed by atoms with Gasteiger partial charge in [0.05, 0.1) is 50.3 Å². The van der Waals surface area contributed by atoms with Crippen LogP contribution in [0.15, 0.2) is 65.0 Å². The molecular weight excluding hydrogens is 653 g/mol. The molecule has 3 aliphatic rings. The summed E-state index contributed by atoms with van der Waals surface area (Å²) >= 11 is 0. The van der Waals surface area contributed by atoms with Crippen LogP contribution in [-0.4, -0.2) is 53.2 Å². The van der Waals surface area contributed by atoms with Crippen LogP contribution in [0.4, 0.5) is 5.95 Å². The lowest BCUT2D eigenvalue weighted by Gasteiger charge is -2.42. The van der Waals surface area contributed by atoms with Crippen LogP contribution < -0.4 is 5.32 Å². The van der Waals surface area contributed by atoms with Gasteiger partial charge in [-0.05, 0) is 88.1 Å². The summed E-state index contributed by atoms with van der Waals surface area (Å²) in [5, 5.41) is 3.18. The molecule has 2 aliphatic heterocycles. The van der Waals surface area contributed by atoms with Crippen LogP contribution in [-0.2, 0) is 16.1 Å². The van der Waals surface area contributed by atoms with Crippen LogP contribution in [0.2, 0.25) is 0 Å². The van der Waals surface area contributed by atoms with Gasteiger partial charge in [-0.1, -0.05) is 125 Å². The molecule has 0 spiro atoms. The fourth-order valence-electron chi connectivity index (χ4n) is 6.81. The van der Waals surface area contributed by atoms with Crippen molar-refractivity contribution in [3.63, 3.8) is 0 Å². The van der Waals surface area contributed by atoms with Crippen molar-refractivity contribution in [3.8, 4) is 0 Å². The number of allylic oxidation sites excluding steroid dienone is 2. The highest BCUT2D eigenvalue weighted by atomic mass is 16.5. The van der Waals surface area contributed by atoms with Crippen LogP contribution >= 0.6 is 0 Å². The predicted molar refractivity (Wildman–Crippen MR) is 232 cm³/mol. The van der Waals surface area contributed by atoms with Crippen molar-refractivity contribution in [2.75, 3.05) is 32.6 Å². The number of rotatable bonds is 5. The Balaban J connectivity index is 0.000000802. The van der Waals surface area contributed by atoms with Crippen LogP contribution in [0.5, 0.6) is 0 Å². The summed E-state index contributed by atoms with van der Waals surface area (Å²) in [7, 11) is 4.52. The lowest BCUT2D eigenvalue weighted by atomic mass is 9.90. The van der Waals surface area contributed by atoms with Gasteiger partial charge >= 0.3 is 0 Å². The van der Waals surface area contributed by atoms with Crippen molar-refractivity contribution in [3.05, 3.63) is 70.5 Å². The first kappa shape index (κ1) is 47.9. The molecule has 300 valence electrons. The van der Waals surface area contributed by atoms with E-state index < -0.39 is 0 Å². The summed E-state index contributed by atoms with van der Waals surface area (Å²) in [6, 6.07) is 6.52. The number of quaternary nitrogens is 1. The van der Waals surface area contributed by atoms with Gasteiger partial charge in [-0.15, -0.1) is 0 Å². The van der Waals surface area contributed by atoms with E-state index in [1.54, 1.807) is 0 Å². The third-order valence-corrected chi connectivity index (χ3v) is 10.2. The van der Waals surface area contributed by atoms with Crippen molar-refractivity contribution in [2.45, 2.75) is 166 Å². The Morgan fingerprint density at radius 1 is 1.00 bits per heavy atom. The highest BCUT2D eigenvalue weighted by Crippen LogP contribution is 2.38. The van der Waals surface area contributed by atoms with E-state index >= 15 is 0 Å². The Bertz CT molecular complexity index is 1480. The lowest BCUT2D eigenvalue weighted by Crippen LogP contribution is -2.52. The van der Waals surface area contributed by atoms with Gasteiger partial charge in [-0.25, -0.2) is 4.98 Å². The molecule has 3 atom stereocenters. The van der Waals surface area contributed by atoms with E-state index in [1.807, 2.05) is 45.9 Å². The normalized spacial score (nSPS) is 21.6. The summed E-state index contributed by atoms with van der Waals surface area (Å²) in [5.41, 5.74) is 6.80. The number of aryl methyl sites for hydroxylation is 1. The topological polar surface area (TPSA) is 56.2 Å². The molecule has 5 rings (SSSR count). The zero-order chi connectivity index (χ0) is 40.1. The number of likely N-dealkylation sites (N-methyl/N-ethyl adjacent to an activating group) is 1. The molecule has 0 radical (unpaired) electrons. The van der Waals surface area contributed by atoms with E-state index in [4.69, 9.17) is 9.72 Å². The molecule has 1 amide bonds. The summed E-state index contributed by atoms with van der Waals surface area (Å²) < 4.78 is 9.70. The number of carbonyl (C=O) groups excluding carboxylic acids is 1. The number of benzene rings is 1. The van der Waals surface area contributed by atoms with E-state index in [0.717, 1.165) is 77.0 Å². The van der Waals surface area contributed by atoms with Gasteiger partial charge in [-0.3, -0.25) is 10.1 Å². The quantitative estimate of drug-likeness (QED) is 0.246. The van der Waals surface area contributed by atoms with Crippen LogP contribution in [0, 0.1) is 18.8 Å². The average molecular weight is 734 g/mol. The molecule has 53 heavy (non-hydrogen) atoms. The highest BCUT2D eigenvalue weighted by molar-refractivity contribution is 6.06. The molecule has 1 saturated carbocycles. The zero-order valence-electron chi connectivity index (χ0n) is 36.9. The average Bonchev–Trinajstić information content (AvgIpc) is 3.72. The largest absolute Gasteiger partial charge is 0.497 e. The van der Waals surface area contributed by atoms with Crippen molar-refractivity contribution in [2.24, 2.45) is 11.8 Å². The molecule has 6 nitrogen and oxygen atoms in total. The number of carbonyl (C=O) groups is 1. The van der Waals surface area contributed by atoms with E-state index in [0.29, 0.717) is 23.4 Å². The number of nitrogens with zero attached hydrogens (tertiary/aromatic N) is 3. The number of hydrogen-bond acceptors (Lipinski definition) is 3. The fraction of sp³-hybridized carbons (Fsp3) is 0.660. The Kier molecular flexibility index (Phi) is 22.6. The first-order chi connectivity index (χ1) is 25.3. The number of hydrogen-bond donors (Lipinski definition) is 1. The molecule has 2 aromatic rings. The van der Waals surface area contributed by atoms with Crippen molar-refractivity contribution in [1.82, 2.24) is 9.55 Å². The molecule has 1 fully saturated rings. The third-order valence-electron chi connectivity index (χ3n) is 10.2. The Hall–Kier alpha value is -3.12. The molecule has 3 heterocycles. The molecule has 1 aromatic heterocycles. The van der Waals surface area contributed by atoms with Gasteiger partial charge in [0.2, 0.25) is 5.95 Å². The predicted octanol–water partition coefficient (Wildman–Crippen LogP) is 13.1. The SMILES string of the molecule is C=C1/C=C(\C=C(C)C)C(=O)Nc2nc3ccc(C)cc3n2CC2CCC(COC3=C1C(C)[N+](C)(C)CC3)C2.CC.CCC.CCCC.CCCCCC. The third kappa shape index (κ3) is 15.3. The number of amides is 1. The van der Waals surface area contributed by atoms with E-state index in [9.17, 15) is 4.79 Å². The van der Waals surface area contributed by atoms with Gasteiger partial charge in [0.15, 0.2) is 0 Å². The minimum atomic E-state index is -0.167. The minimum Gasteiger partial charge on any atom is -0.497 e. The summed E-state index contributed by atoms with van der Waals surface area (Å²) in [6.45, 7) is 32.6. The molecule has 0 saturated heterocycles. The summed E-state index contributed by atoms with van der Waals surface area (Å²) in [6.07, 6.45) is 17.6. The van der Waals surface area contributed by atoms with Gasteiger partial charge in [0.1, 0.15) is 11.8 Å². The standard InChI is InChI=1S/C32H42N4O2.C6H14.C4H10.C3H8.C2H6/c1-20(2)14-26-16-22(4)30-23(5)36(6,7)13-12-29(30)38-19-25-10-9-24(17-25)18-35-28-15-21(3)8-11-27(28)33-32(35)34-31(26)37;1-3-5-6-4-2;1-3-4-2;1-3-2;1-2/h8,11,14-16,23-25H,4,9-10,12-13,17-19H2,1-3,5-7H3;3-6H2,1-2H3;3-4H2,1-2H3;3H2,1-2H3;1-2H3/p+1/b26-16+;;;;. The maximum absolute atomic E-state index is 13.8. The van der Waals surface area contributed by atoms with Crippen molar-refractivity contribution in [1.29, 1.82) is 0 Å². The van der Waals surface area contributed by atoms with Gasteiger partial charge < -0.3 is 13.8 Å². The second-order valence-electron chi connectivity index (χ2n) is 15.9. The number of ether oxygens (including phenoxy) is 1. The number of nitrogens with one attached hydrogen (secondary N) is 1. The molecule has 1 N–H and O–H groups in total. The zero-order valence-corrected chi connectivity index (χ0v) is 36.9. The maximum atomic E-state index is 13.8. The molecule has 2 bridgehead atoms. The number of anilines is 1.